The van der Waals surface area contributed by atoms with E-state index in [1.807, 2.05) is 19.1 Å². The lowest BCUT2D eigenvalue weighted by Crippen LogP contribution is -2.54. The molecule has 5 nitrogen and oxygen atoms in total. The van der Waals surface area contributed by atoms with Crippen LogP contribution in [0.1, 0.15) is 25.8 Å². The van der Waals surface area contributed by atoms with E-state index >= 15 is 0 Å². The molecule has 0 bridgehead atoms. The van der Waals surface area contributed by atoms with Crippen LogP contribution in [0.3, 0.4) is 0 Å². The molecule has 0 saturated carbocycles. The SMILES string of the molecule is CC[C@@H]1CN(c2ccc(C#N)cn2)CCN1C[C@@H](C)O. The number of rotatable bonds is 4. The molecule has 1 N–H and O–H groups in total. The number of pyridine rings is 1. The minimum absolute atomic E-state index is 0.288. The first kappa shape index (κ1) is 14.8. The Morgan fingerprint density at radius 2 is 2.30 bits per heavy atom. The molecule has 5 heteroatoms. The lowest BCUT2D eigenvalue weighted by molar-refractivity contribution is 0.0884. The summed E-state index contributed by atoms with van der Waals surface area (Å²) in [5.41, 5.74) is 0.591. The van der Waals surface area contributed by atoms with Crippen molar-refractivity contribution >= 4 is 5.82 Å². The predicted molar refractivity (Wildman–Crippen MR) is 78.5 cm³/mol. The summed E-state index contributed by atoms with van der Waals surface area (Å²) in [6, 6.07) is 6.25. The summed E-state index contributed by atoms with van der Waals surface area (Å²) < 4.78 is 0. The first-order valence-corrected chi connectivity index (χ1v) is 7.17. The summed E-state index contributed by atoms with van der Waals surface area (Å²) in [5.74, 6) is 0.930. The van der Waals surface area contributed by atoms with Crippen LogP contribution in [0.5, 0.6) is 0 Å². The van der Waals surface area contributed by atoms with Gasteiger partial charge in [-0.25, -0.2) is 4.98 Å². The number of aliphatic hydroxyl groups is 1. The van der Waals surface area contributed by atoms with Gasteiger partial charge in [-0.3, -0.25) is 4.90 Å². The van der Waals surface area contributed by atoms with Crippen LogP contribution in [0, 0.1) is 11.3 Å². The highest BCUT2D eigenvalue weighted by molar-refractivity contribution is 5.42. The first-order valence-electron chi connectivity index (χ1n) is 7.17. The molecular weight excluding hydrogens is 252 g/mol. The number of anilines is 1. The van der Waals surface area contributed by atoms with Gasteiger partial charge in [0, 0.05) is 38.4 Å². The Labute approximate surface area is 120 Å². The second kappa shape index (κ2) is 6.69. The Balaban J connectivity index is 2.03. The van der Waals surface area contributed by atoms with Gasteiger partial charge in [-0.1, -0.05) is 6.92 Å². The number of piperazine rings is 1. The van der Waals surface area contributed by atoms with Crippen molar-refractivity contribution in [2.45, 2.75) is 32.4 Å². The third kappa shape index (κ3) is 3.47. The Kier molecular flexibility index (Phi) is 4.94. The summed E-state index contributed by atoms with van der Waals surface area (Å²) in [7, 11) is 0. The van der Waals surface area contributed by atoms with Gasteiger partial charge in [-0.15, -0.1) is 0 Å². The van der Waals surface area contributed by atoms with Gasteiger partial charge < -0.3 is 10.0 Å². The minimum Gasteiger partial charge on any atom is -0.392 e. The van der Waals surface area contributed by atoms with E-state index in [1.165, 1.54) is 0 Å². The fraction of sp³-hybridized carbons (Fsp3) is 0.600. The largest absolute Gasteiger partial charge is 0.392 e. The predicted octanol–water partition coefficient (Wildman–Crippen LogP) is 1.23. The van der Waals surface area contributed by atoms with Crippen LogP contribution in [0.25, 0.3) is 0 Å². The molecule has 1 aromatic heterocycles. The highest BCUT2D eigenvalue weighted by Crippen LogP contribution is 2.19. The van der Waals surface area contributed by atoms with Crippen LogP contribution < -0.4 is 4.90 Å². The summed E-state index contributed by atoms with van der Waals surface area (Å²) in [5, 5.41) is 18.4. The molecule has 0 amide bonds. The van der Waals surface area contributed by atoms with Gasteiger partial charge in [0.2, 0.25) is 0 Å². The highest BCUT2D eigenvalue weighted by Gasteiger charge is 2.26. The van der Waals surface area contributed by atoms with E-state index in [4.69, 9.17) is 5.26 Å². The van der Waals surface area contributed by atoms with E-state index in [1.54, 1.807) is 6.20 Å². The van der Waals surface area contributed by atoms with E-state index < -0.39 is 0 Å². The van der Waals surface area contributed by atoms with Crippen molar-refractivity contribution in [3.8, 4) is 6.07 Å². The molecule has 0 unspecified atom stereocenters. The number of hydrogen-bond acceptors (Lipinski definition) is 5. The molecule has 1 aromatic rings. The Hall–Kier alpha value is -1.64. The molecular formula is C15H22N4O. The van der Waals surface area contributed by atoms with Crippen LogP contribution in [0.4, 0.5) is 5.82 Å². The van der Waals surface area contributed by atoms with E-state index in [2.05, 4.69) is 27.8 Å². The average molecular weight is 274 g/mol. The number of hydrogen-bond donors (Lipinski definition) is 1. The first-order chi connectivity index (χ1) is 9.63. The zero-order valence-electron chi connectivity index (χ0n) is 12.2. The monoisotopic (exact) mass is 274 g/mol. The molecule has 108 valence electrons. The molecule has 1 aliphatic heterocycles. The van der Waals surface area contributed by atoms with Gasteiger partial charge in [0.15, 0.2) is 0 Å². The zero-order chi connectivity index (χ0) is 14.5. The van der Waals surface area contributed by atoms with Crippen molar-refractivity contribution in [1.29, 1.82) is 5.26 Å². The van der Waals surface area contributed by atoms with E-state index in [0.29, 0.717) is 11.6 Å². The molecule has 0 spiro atoms. The van der Waals surface area contributed by atoms with Crippen molar-refractivity contribution in [2.24, 2.45) is 0 Å². The fourth-order valence-corrected chi connectivity index (χ4v) is 2.71. The maximum Gasteiger partial charge on any atom is 0.128 e. The number of nitriles is 1. The maximum atomic E-state index is 9.56. The molecule has 20 heavy (non-hydrogen) atoms. The van der Waals surface area contributed by atoms with Gasteiger partial charge in [0.1, 0.15) is 11.9 Å². The van der Waals surface area contributed by atoms with E-state index in [9.17, 15) is 5.11 Å². The van der Waals surface area contributed by atoms with E-state index in [0.717, 1.165) is 38.4 Å². The molecule has 0 aromatic carbocycles. The third-order valence-corrected chi connectivity index (χ3v) is 3.78. The molecule has 1 aliphatic rings. The molecule has 2 rings (SSSR count). The summed E-state index contributed by atoms with van der Waals surface area (Å²) in [4.78, 5) is 8.97. The molecule has 1 fully saturated rings. The molecule has 2 atom stereocenters. The van der Waals surface area contributed by atoms with Crippen molar-refractivity contribution in [3.63, 3.8) is 0 Å². The molecule has 1 saturated heterocycles. The lowest BCUT2D eigenvalue weighted by atomic mass is 10.1. The quantitative estimate of drug-likeness (QED) is 0.895. The molecule has 0 radical (unpaired) electrons. The van der Waals surface area contributed by atoms with Gasteiger partial charge in [-0.05, 0) is 25.5 Å². The summed E-state index contributed by atoms with van der Waals surface area (Å²) in [6.45, 7) is 7.50. The third-order valence-electron chi connectivity index (χ3n) is 3.78. The van der Waals surface area contributed by atoms with Crippen molar-refractivity contribution in [3.05, 3.63) is 23.9 Å². The Bertz CT molecular complexity index is 466. The van der Waals surface area contributed by atoms with E-state index in [-0.39, 0.29) is 6.10 Å². The second-order valence-corrected chi connectivity index (χ2v) is 5.37. The lowest BCUT2D eigenvalue weighted by Gasteiger charge is -2.42. The standard InChI is InChI=1S/C15H22N4O/c1-3-14-11-19(7-6-18(14)10-12(2)20)15-5-4-13(8-16)9-17-15/h4-5,9,12,14,20H,3,6-7,10-11H2,1-2H3/t12-,14-/m1/s1. The number of nitrogens with zero attached hydrogens (tertiary/aromatic N) is 4. The minimum atomic E-state index is -0.288. The van der Waals surface area contributed by atoms with Crippen molar-refractivity contribution < 1.29 is 5.11 Å². The smallest absolute Gasteiger partial charge is 0.128 e. The fourth-order valence-electron chi connectivity index (χ4n) is 2.71. The topological polar surface area (TPSA) is 63.4 Å². The van der Waals surface area contributed by atoms with Crippen LogP contribution in [-0.4, -0.2) is 53.3 Å². The van der Waals surface area contributed by atoms with Gasteiger partial charge in [-0.2, -0.15) is 5.26 Å². The van der Waals surface area contributed by atoms with Crippen LogP contribution in [0.15, 0.2) is 18.3 Å². The van der Waals surface area contributed by atoms with Crippen LogP contribution >= 0.6 is 0 Å². The van der Waals surface area contributed by atoms with Crippen molar-refractivity contribution in [1.82, 2.24) is 9.88 Å². The summed E-state index contributed by atoms with van der Waals surface area (Å²) >= 11 is 0. The number of β-amino-alcohol motifs (C(OH)–C–C–N with tert-alkyl or cyclic N) is 1. The normalized spacial score (nSPS) is 21.5. The number of aromatic nitrogens is 1. The maximum absolute atomic E-state index is 9.56. The van der Waals surface area contributed by atoms with Crippen molar-refractivity contribution in [2.75, 3.05) is 31.1 Å². The second-order valence-electron chi connectivity index (χ2n) is 5.37. The molecule has 0 aliphatic carbocycles. The van der Waals surface area contributed by atoms with Crippen LogP contribution in [0.2, 0.25) is 0 Å². The van der Waals surface area contributed by atoms with Gasteiger partial charge in [0.05, 0.1) is 11.7 Å². The van der Waals surface area contributed by atoms with Gasteiger partial charge in [0.25, 0.3) is 0 Å². The number of aliphatic hydroxyl groups excluding tert-OH is 1. The Morgan fingerprint density at radius 1 is 1.50 bits per heavy atom. The van der Waals surface area contributed by atoms with Gasteiger partial charge >= 0.3 is 0 Å². The molecule has 2 heterocycles. The Morgan fingerprint density at radius 3 is 2.85 bits per heavy atom. The zero-order valence-corrected chi connectivity index (χ0v) is 12.2. The summed E-state index contributed by atoms with van der Waals surface area (Å²) in [6.07, 6.45) is 2.39. The average Bonchev–Trinajstić information content (AvgIpc) is 2.47. The highest BCUT2D eigenvalue weighted by atomic mass is 16.3. The van der Waals surface area contributed by atoms with Crippen LogP contribution in [-0.2, 0) is 0 Å².